The Bertz CT molecular complexity index is 1430. The van der Waals surface area contributed by atoms with Crippen LogP contribution in [0.3, 0.4) is 0 Å². The van der Waals surface area contributed by atoms with Gasteiger partial charge in [0.1, 0.15) is 6.61 Å². The van der Waals surface area contributed by atoms with Crippen LogP contribution in [0.2, 0.25) is 0 Å². The number of benzene rings is 1. The predicted octanol–water partition coefficient (Wildman–Crippen LogP) is 1.54. The zero-order chi connectivity index (χ0) is 24.2. The lowest BCUT2D eigenvalue weighted by Gasteiger charge is -2.36. The number of carbonyl (C=O) groups excluding carboxylic acids is 2. The molecule has 1 aromatic carbocycles. The highest BCUT2D eigenvalue weighted by molar-refractivity contribution is 5.88. The van der Waals surface area contributed by atoms with Crippen LogP contribution in [0.25, 0.3) is 22.3 Å². The zero-order valence-electron chi connectivity index (χ0n) is 19.5. The van der Waals surface area contributed by atoms with Gasteiger partial charge in [0.2, 0.25) is 5.60 Å². The van der Waals surface area contributed by atoms with E-state index in [1.807, 2.05) is 35.2 Å². The number of rotatable bonds is 4. The number of aromatic nitrogens is 2. The number of piperazine rings is 1. The molecule has 0 spiro atoms. The van der Waals surface area contributed by atoms with Crippen molar-refractivity contribution in [2.45, 2.75) is 32.1 Å². The molecule has 6 rings (SSSR count). The molecule has 35 heavy (non-hydrogen) atoms. The first-order valence-corrected chi connectivity index (χ1v) is 12.0. The molecule has 2 aromatic heterocycles. The van der Waals surface area contributed by atoms with Gasteiger partial charge in [-0.15, -0.1) is 0 Å². The maximum atomic E-state index is 13.6. The Hall–Kier alpha value is -3.56. The number of para-hydroxylation sites is 1. The van der Waals surface area contributed by atoms with Crippen LogP contribution in [-0.4, -0.2) is 59.1 Å². The summed E-state index contributed by atoms with van der Waals surface area (Å²) in [6.45, 7) is 5.12. The van der Waals surface area contributed by atoms with E-state index in [-0.39, 0.29) is 25.1 Å². The standard InChI is InChI=1S/C26H26N4O5/c1-2-26(35-22(31)14-29-9-7-27-8-10-29)19-12-21-23-17(11-16-5-3-4-6-20(16)28-23)13-30(21)24(32)18(19)15-34-25(26)33/h3-6,11-12,27H,2,7-10,13-15H2,1H3. The van der Waals surface area contributed by atoms with E-state index in [0.29, 0.717) is 29.1 Å². The van der Waals surface area contributed by atoms with Crippen molar-refractivity contribution in [3.05, 3.63) is 63.4 Å². The van der Waals surface area contributed by atoms with E-state index < -0.39 is 17.5 Å². The van der Waals surface area contributed by atoms with Crippen molar-refractivity contribution >= 4 is 22.8 Å². The fourth-order valence-electron chi connectivity index (χ4n) is 5.36. The van der Waals surface area contributed by atoms with Gasteiger partial charge in [-0.25, -0.2) is 9.78 Å². The topological polar surface area (TPSA) is 103 Å². The molecule has 1 atom stereocenters. The van der Waals surface area contributed by atoms with Gasteiger partial charge in [0.25, 0.3) is 5.56 Å². The normalized spacial score (nSPS) is 21.2. The number of fused-ring (bicyclic) bond motifs is 5. The number of hydrogen-bond acceptors (Lipinski definition) is 8. The molecule has 9 nitrogen and oxygen atoms in total. The van der Waals surface area contributed by atoms with E-state index >= 15 is 0 Å². The number of pyridine rings is 2. The Balaban J connectivity index is 1.44. The third kappa shape index (κ3) is 3.45. The van der Waals surface area contributed by atoms with E-state index in [9.17, 15) is 14.4 Å². The lowest BCUT2D eigenvalue weighted by atomic mass is 9.85. The third-order valence-corrected chi connectivity index (χ3v) is 7.23. The molecule has 5 heterocycles. The summed E-state index contributed by atoms with van der Waals surface area (Å²) in [7, 11) is 0. The summed E-state index contributed by atoms with van der Waals surface area (Å²) >= 11 is 0. The van der Waals surface area contributed by atoms with Crippen molar-refractivity contribution in [1.29, 1.82) is 0 Å². The highest BCUT2D eigenvalue weighted by Gasteiger charge is 2.50. The molecule has 9 heteroatoms. The Morgan fingerprint density at radius 1 is 1.20 bits per heavy atom. The predicted molar refractivity (Wildman–Crippen MR) is 128 cm³/mol. The van der Waals surface area contributed by atoms with Gasteiger partial charge < -0.3 is 19.4 Å². The molecule has 3 aromatic rings. The summed E-state index contributed by atoms with van der Waals surface area (Å²) < 4.78 is 13.0. The molecule has 1 saturated heterocycles. The Kier molecular flexibility index (Phi) is 5.19. The van der Waals surface area contributed by atoms with E-state index in [1.54, 1.807) is 17.6 Å². The summed E-state index contributed by atoms with van der Waals surface area (Å²) in [5.74, 6) is -1.15. The number of cyclic esters (lactones) is 1. The second kappa shape index (κ2) is 8.28. The summed E-state index contributed by atoms with van der Waals surface area (Å²) in [6, 6.07) is 11.6. The quantitative estimate of drug-likeness (QED) is 0.445. The SMILES string of the molecule is CCC1(OC(=O)CN2CCNCC2)C(=O)OCc2c1cc1n(c2=O)Cc2cc3ccccc3nc2-1. The number of ether oxygens (including phenoxy) is 2. The summed E-state index contributed by atoms with van der Waals surface area (Å²) in [4.78, 5) is 46.5. The molecular weight excluding hydrogens is 448 g/mol. The monoisotopic (exact) mass is 474 g/mol. The van der Waals surface area contributed by atoms with Crippen molar-refractivity contribution < 1.29 is 19.1 Å². The van der Waals surface area contributed by atoms with E-state index in [4.69, 9.17) is 14.5 Å². The molecule has 0 aliphatic carbocycles. The molecule has 0 radical (unpaired) electrons. The number of nitrogens with one attached hydrogen (secondary N) is 1. The highest BCUT2D eigenvalue weighted by atomic mass is 16.6. The number of hydrogen-bond donors (Lipinski definition) is 1. The van der Waals surface area contributed by atoms with Crippen LogP contribution in [0.4, 0.5) is 0 Å². The summed E-state index contributed by atoms with van der Waals surface area (Å²) in [5.41, 5.74) is 1.95. The fourth-order valence-corrected chi connectivity index (χ4v) is 5.36. The number of esters is 2. The molecule has 3 aliphatic heterocycles. The van der Waals surface area contributed by atoms with E-state index in [0.717, 1.165) is 42.6 Å². The smallest absolute Gasteiger partial charge is 0.355 e. The first-order chi connectivity index (χ1) is 17.0. The van der Waals surface area contributed by atoms with Crippen LogP contribution in [-0.2, 0) is 37.8 Å². The maximum absolute atomic E-state index is 13.6. The third-order valence-electron chi connectivity index (χ3n) is 7.23. The second-order valence-electron chi connectivity index (χ2n) is 9.26. The Labute approximate surface area is 201 Å². The minimum Gasteiger partial charge on any atom is -0.457 e. The lowest BCUT2D eigenvalue weighted by Crippen LogP contribution is -2.50. The molecule has 1 fully saturated rings. The van der Waals surface area contributed by atoms with Crippen LogP contribution in [0, 0.1) is 0 Å². The Morgan fingerprint density at radius 3 is 2.80 bits per heavy atom. The fraction of sp³-hybridized carbons (Fsp3) is 0.385. The van der Waals surface area contributed by atoms with Crippen molar-refractivity contribution in [3.63, 3.8) is 0 Å². The van der Waals surface area contributed by atoms with Crippen LogP contribution in [0.5, 0.6) is 0 Å². The van der Waals surface area contributed by atoms with Crippen molar-refractivity contribution in [3.8, 4) is 11.4 Å². The maximum Gasteiger partial charge on any atom is 0.355 e. The van der Waals surface area contributed by atoms with E-state index in [1.165, 1.54) is 0 Å². The highest BCUT2D eigenvalue weighted by Crippen LogP contribution is 2.41. The molecule has 1 N–H and O–H groups in total. The molecular formula is C26H26N4O5. The van der Waals surface area contributed by atoms with Crippen LogP contribution >= 0.6 is 0 Å². The number of nitrogens with zero attached hydrogens (tertiary/aromatic N) is 3. The van der Waals surface area contributed by atoms with Crippen molar-refractivity contribution in [2.24, 2.45) is 0 Å². The van der Waals surface area contributed by atoms with Gasteiger partial charge >= 0.3 is 11.9 Å². The molecule has 3 aliphatic rings. The minimum atomic E-state index is -1.66. The molecule has 0 saturated carbocycles. The van der Waals surface area contributed by atoms with Crippen LogP contribution in [0.15, 0.2) is 41.2 Å². The van der Waals surface area contributed by atoms with Gasteiger partial charge in [0.15, 0.2) is 0 Å². The molecule has 180 valence electrons. The summed E-state index contributed by atoms with van der Waals surface area (Å²) in [5, 5.41) is 4.25. The first-order valence-electron chi connectivity index (χ1n) is 12.0. The number of carbonyl (C=O) groups is 2. The molecule has 1 unspecified atom stereocenters. The van der Waals surface area contributed by atoms with Crippen LogP contribution < -0.4 is 10.9 Å². The lowest BCUT2D eigenvalue weighted by molar-refractivity contribution is -0.190. The Morgan fingerprint density at radius 2 is 2.00 bits per heavy atom. The largest absolute Gasteiger partial charge is 0.457 e. The minimum absolute atomic E-state index is 0.0757. The second-order valence-corrected chi connectivity index (χ2v) is 9.26. The van der Waals surface area contributed by atoms with Gasteiger partial charge in [-0.1, -0.05) is 25.1 Å². The molecule has 0 bridgehead atoms. The van der Waals surface area contributed by atoms with E-state index in [2.05, 4.69) is 5.32 Å². The van der Waals surface area contributed by atoms with Gasteiger partial charge in [-0.3, -0.25) is 14.5 Å². The van der Waals surface area contributed by atoms with Gasteiger partial charge in [-0.05, 0) is 24.6 Å². The van der Waals surface area contributed by atoms with Crippen LogP contribution in [0.1, 0.15) is 30.0 Å². The van der Waals surface area contributed by atoms with Gasteiger partial charge in [0, 0.05) is 42.7 Å². The van der Waals surface area contributed by atoms with Gasteiger partial charge in [0.05, 0.1) is 35.6 Å². The van der Waals surface area contributed by atoms with Crippen molar-refractivity contribution in [2.75, 3.05) is 32.7 Å². The average Bonchev–Trinajstić information content (AvgIpc) is 3.23. The molecule has 0 amide bonds. The van der Waals surface area contributed by atoms with Crippen molar-refractivity contribution in [1.82, 2.24) is 19.8 Å². The first kappa shape index (κ1) is 21.9. The van der Waals surface area contributed by atoms with Gasteiger partial charge in [-0.2, -0.15) is 0 Å². The summed E-state index contributed by atoms with van der Waals surface area (Å²) in [6.07, 6.45) is 0.160. The average molecular weight is 475 g/mol. The zero-order valence-corrected chi connectivity index (χ0v) is 19.5.